The maximum atomic E-state index is 11.5. The Labute approximate surface area is 88.2 Å². The maximum absolute atomic E-state index is 11.5. The molecule has 0 aromatic carbocycles. The van der Waals surface area contributed by atoms with Crippen LogP contribution in [-0.2, 0) is 9.53 Å². The Balaban J connectivity index is 2.68. The lowest BCUT2D eigenvalue weighted by molar-refractivity contribution is -0.147. The molecule has 0 fully saturated rings. The lowest BCUT2D eigenvalue weighted by Gasteiger charge is -2.19. The quantitative estimate of drug-likeness (QED) is 0.554. The summed E-state index contributed by atoms with van der Waals surface area (Å²) >= 11 is 1.53. The highest BCUT2D eigenvalue weighted by atomic mass is 32.1. The highest BCUT2D eigenvalue weighted by Gasteiger charge is 2.19. The van der Waals surface area contributed by atoms with Crippen LogP contribution in [0.1, 0.15) is 26.3 Å². The van der Waals surface area contributed by atoms with Crippen LogP contribution >= 0.6 is 11.3 Å². The van der Waals surface area contributed by atoms with Crippen molar-refractivity contribution in [3.63, 3.8) is 0 Å². The summed E-state index contributed by atoms with van der Waals surface area (Å²) < 4.78 is 5.19. The second kappa shape index (κ2) is 3.96. The van der Waals surface area contributed by atoms with Crippen molar-refractivity contribution in [2.75, 3.05) is 0 Å². The summed E-state index contributed by atoms with van der Waals surface area (Å²) in [6, 6.07) is 1.86. The number of carbonyl (C=O) groups is 1. The normalized spacial score (nSPS) is 11.1. The third-order valence-corrected chi connectivity index (χ3v) is 2.20. The summed E-state index contributed by atoms with van der Waals surface area (Å²) in [5.41, 5.74) is 0.793. The Morgan fingerprint density at radius 1 is 1.50 bits per heavy atom. The Kier molecular flexibility index (Phi) is 3.11. The third-order valence-electron chi connectivity index (χ3n) is 1.51. The van der Waals surface area contributed by atoms with Gasteiger partial charge in [-0.15, -0.1) is 0 Å². The summed E-state index contributed by atoms with van der Waals surface area (Å²) in [6.07, 6.45) is 0. The number of carbonyl (C=O) groups excluding carboxylic acids is 1. The van der Waals surface area contributed by atoms with Gasteiger partial charge in [0.25, 0.3) is 0 Å². The first-order chi connectivity index (χ1) is 6.40. The van der Waals surface area contributed by atoms with Crippen LogP contribution in [0.15, 0.2) is 23.4 Å². The summed E-state index contributed by atoms with van der Waals surface area (Å²) in [5.74, 6) is -0.351. The third kappa shape index (κ3) is 3.00. The van der Waals surface area contributed by atoms with Crippen molar-refractivity contribution in [2.24, 2.45) is 0 Å². The van der Waals surface area contributed by atoms with Crippen LogP contribution in [0.3, 0.4) is 0 Å². The molecule has 0 spiro atoms. The molecule has 0 atom stereocenters. The molecule has 1 heterocycles. The van der Waals surface area contributed by atoms with E-state index in [1.807, 2.05) is 37.6 Å². The first kappa shape index (κ1) is 11.0. The summed E-state index contributed by atoms with van der Waals surface area (Å²) in [4.78, 5) is 11.5. The molecule has 0 unspecified atom stereocenters. The molecule has 1 rings (SSSR count). The van der Waals surface area contributed by atoms with Gasteiger partial charge in [-0.25, -0.2) is 4.79 Å². The highest BCUT2D eigenvalue weighted by Crippen LogP contribution is 2.19. The van der Waals surface area contributed by atoms with Crippen LogP contribution in [0.4, 0.5) is 0 Å². The molecule has 0 amide bonds. The average molecular weight is 210 g/mol. The molecule has 1 aromatic heterocycles. The molecule has 1 aromatic rings. The van der Waals surface area contributed by atoms with Crippen molar-refractivity contribution >= 4 is 22.9 Å². The van der Waals surface area contributed by atoms with Gasteiger partial charge in [0.05, 0.1) is 5.57 Å². The zero-order chi connectivity index (χ0) is 10.8. The van der Waals surface area contributed by atoms with Crippen molar-refractivity contribution in [3.8, 4) is 0 Å². The fourth-order valence-corrected chi connectivity index (χ4v) is 1.56. The van der Waals surface area contributed by atoms with E-state index in [2.05, 4.69) is 6.58 Å². The van der Waals surface area contributed by atoms with Gasteiger partial charge < -0.3 is 4.74 Å². The summed E-state index contributed by atoms with van der Waals surface area (Å²) in [6.45, 7) is 9.23. The van der Waals surface area contributed by atoms with E-state index in [1.54, 1.807) is 0 Å². The van der Waals surface area contributed by atoms with E-state index < -0.39 is 5.60 Å². The van der Waals surface area contributed by atoms with Crippen molar-refractivity contribution in [3.05, 3.63) is 29.0 Å². The van der Waals surface area contributed by atoms with Crippen LogP contribution < -0.4 is 0 Å². The molecule has 0 saturated heterocycles. The van der Waals surface area contributed by atoms with Gasteiger partial charge in [-0.05, 0) is 43.2 Å². The van der Waals surface area contributed by atoms with Crippen LogP contribution in [0, 0.1) is 0 Å². The van der Waals surface area contributed by atoms with Gasteiger partial charge in [-0.3, -0.25) is 0 Å². The van der Waals surface area contributed by atoms with E-state index >= 15 is 0 Å². The van der Waals surface area contributed by atoms with E-state index in [9.17, 15) is 4.79 Å². The number of esters is 1. The van der Waals surface area contributed by atoms with Gasteiger partial charge >= 0.3 is 5.97 Å². The minimum Gasteiger partial charge on any atom is -0.456 e. The first-order valence-electron chi connectivity index (χ1n) is 4.35. The van der Waals surface area contributed by atoms with Crippen molar-refractivity contribution in [1.82, 2.24) is 0 Å². The SMILES string of the molecule is C=C(C(=O)OC(C)(C)C)c1ccsc1. The highest BCUT2D eigenvalue weighted by molar-refractivity contribution is 7.08. The molecule has 76 valence electrons. The van der Waals surface area contributed by atoms with Crippen molar-refractivity contribution in [2.45, 2.75) is 26.4 Å². The molecular formula is C11H14O2S. The Bertz CT molecular complexity index is 331. The molecule has 0 saturated carbocycles. The topological polar surface area (TPSA) is 26.3 Å². The molecular weight excluding hydrogens is 196 g/mol. The molecule has 14 heavy (non-hydrogen) atoms. The Hall–Kier alpha value is -1.09. The number of rotatable bonds is 2. The molecule has 0 aliphatic rings. The number of ether oxygens (including phenoxy) is 1. The largest absolute Gasteiger partial charge is 0.456 e. The first-order valence-corrected chi connectivity index (χ1v) is 5.29. The molecule has 0 aliphatic carbocycles. The summed E-state index contributed by atoms with van der Waals surface area (Å²) in [5, 5.41) is 3.79. The number of hydrogen-bond donors (Lipinski definition) is 0. The molecule has 3 heteroatoms. The van der Waals surface area contributed by atoms with Gasteiger partial charge in [0.1, 0.15) is 5.60 Å². The zero-order valence-corrected chi connectivity index (χ0v) is 9.48. The second-order valence-electron chi connectivity index (χ2n) is 3.99. The van der Waals surface area contributed by atoms with E-state index in [-0.39, 0.29) is 5.97 Å². The lowest BCUT2D eigenvalue weighted by Crippen LogP contribution is -2.24. The van der Waals surface area contributed by atoms with Crippen molar-refractivity contribution < 1.29 is 9.53 Å². The number of thiophene rings is 1. The molecule has 0 aliphatic heterocycles. The van der Waals surface area contributed by atoms with Crippen LogP contribution in [0.2, 0.25) is 0 Å². The Morgan fingerprint density at radius 3 is 2.57 bits per heavy atom. The van der Waals surface area contributed by atoms with E-state index in [0.29, 0.717) is 5.57 Å². The van der Waals surface area contributed by atoms with Crippen LogP contribution in [0.25, 0.3) is 5.57 Å². The van der Waals surface area contributed by atoms with E-state index in [4.69, 9.17) is 4.74 Å². The second-order valence-corrected chi connectivity index (χ2v) is 4.77. The smallest absolute Gasteiger partial charge is 0.338 e. The molecule has 0 radical (unpaired) electrons. The number of hydrogen-bond acceptors (Lipinski definition) is 3. The van der Waals surface area contributed by atoms with E-state index in [0.717, 1.165) is 5.56 Å². The lowest BCUT2D eigenvalue weighted by atomic mass is 10.1. The van der Waals surface area contributed by atoms with Crippen molar-refractivity contribution in [1.29, 1.82) is 0 Å². The minimum absolute atomic E-state index is 0.351. The fraction of sp³-hybridized carbons (Fsp3) is 0.364. The average Bonchev–Trinajstić information content (AvgIpc) is 2.51. The molecule has 0 bridgehead atoms. The maximum Gasteiger partial charge on any atom is 0.338 e. The van der Waals surface area contributed by atoms with E-state index in [1.165, 1.54) is 11.3 Å². The fourth-order valence-electron chi connectivity index (χ4n) is 0.894. The molecule has 0 N–H and O–H groups in total. The van der Waals surface area contributed by atoms with Gasteiger partial charge in [0.15, 0.2) is 0 Å². The minimum atomic E-state index is -0.462. The summed E-state index contributed by atoms with van der Waals surface area (Å²) in [7, 11) is 0. The Morgan fingerprint density at radius 2 is 2.14 bits per heavy atom. The molecule has 2 nitrogen and oxygen atoms in total. The van der Waals surface area contributed by atoms with Gasteiger partial charge in [0, 0.05) is 0 Å². The van der Waals surface area contributed by atoms with Gasteiger partial charge in [-0.2, -0.15) is 11.3 Å². The monoisotopic (exact) mass is 210 g/mol. The standard InChI is InChI=1S/C11H14O2S/c1-8(9-5-6-14-7-9)10(12)13-11(2,3)4/h5-7H,1H2,2-4H3. The predicted molar refractivity (Wildman–Crippen MR) is 59.2 cm³/mol. The van der Waals surface area contributed by atoms with Crippen LogP contribution in [-0.4, -0.2) is 11.6 Å². The van der Waals surface area contributed by atoms with Gasteiger partial charge in [-0.1, -0.05) is 6.58 Å². The van der Waals surface area contributed by atoms with Gasteiger partial charge in [0.2, 0.25) is 0 Å². The predicted octanol–water partition coefficient (Wildman–Crippen LogP) is 3.10. The van der Waals surface area contributed by atoms with Crippen LogP contribution in [0.5, 0.6) is 0 Å². The zero-order valence-electron chi connectivity index (χ0n) is 8.66.